The molecule has 1 aromatic rings. The molecular weight excluding hydrogens is 552 g/mol. The van der Waals surface area contributed by atoms with Crippen LogP contribution in [-0.2, 0) is 19.0 Å². The molecule has 1 amide bonds. The summed E-state index contributed by atoms with van der Waals surface area (Å²) in [5.74, 6) is 0.156. The summed E-state index contributed by atoms with van der Waals surface area (Å²) in [4.78, 5) is 45.1. The van der Waals surface area contributed by atoms with Crippen molar-refractivity contribution in [2.24, 2.45) is 11.8 Å². The molecule has 0 unspecified atom stereocenters. The van der Waals surface area contributed by atoms with Crippen molar-refractivity contribution in [1.82, 2.24) is 4.90 Å². The molecule has 1 saturated carbocycles. The van der Waals surface area contributed by atoms with Crippen molar-refractivity contribution >= 4 is 53.0 Å². The smallest absolute Gasteiger partial charge is 0.431 e. The summed E-state index contributed by atoms with van der Waals surface area (Å²) in [5, 5.41) is 0. The Hall–Kier alpha value is -2.10. The Labute approximate surface area is 248 Å². The lowest BCUT2D eigenvalue weighted by atomic mass is 9.82. The fourth-order valence-electron chi connectivity index (χ4n) is 5.80. The highest BCUT2D eigenvalue weighted by atomic mass is 35.5. The minimum Gasteiger partial charge on any atom is -0.431 e. The molecule has 40 heavy (non-hydrogen) atoms. The third-order valence-electron chi connectivity index (χ3n) is 8.12. The summed E-state index contributed by atoms with van der Waals surface area (Å²) in [6.45, 7) is 6.96. The van der Waals surface area contributed by atoms with Gasteiger partial charge in [-0.1, -0.05) is 13.0 Å². The van der Waals surface area contributed by atoms with Crippen molar-refractivity contribution in [2.45, 2.75) is 97.1 Å². The lowest BCUT2D eigenvalue weighted by Crippen LogP contribution is -2.49. The van der Waals surface area contributed by atoms with E-state index in [0.29, 0.717) is 16.5 Å². The number of allylic oxidation sites excluding steroid dienone is 2. The van der Waals surface area contributed by atoms with Crippen molar-refractivity contribution in [3.05, 3.63) is 21.9 Å². The molecule has 0 spiro atoms. The van der Waals surface area contributed by atoms with Crippen LogP contribution in [0, 0.1) is 11.8 Å². The van der Waals surface area contributed by atoms with E-state index in [1.807, 2.05) is 11.0 Å². The molecule has 2 heterocycles. The minimum atomic E-state index is -0.882. The van der Waals surface area contributed by atoms with Gasteiger partial charge in [0.2, 0.25) is 12.7 Å². The number of thiophene rings is 1. The average molecular weight is 597 g/mol. The Bertz CT molecular complexity index is 1040. The van der Waals surface area contributed by atoms with Crippen LogP contribution in [0.15, 0.2) is 12.1 Å². The number of ether oxygens (including phenoxy) is 3. The molecule has 2 aliphatic carbocycles. The maximum Gasteiger partial charge on any atom is 0.511 e. The molecule has 224 valence electrons. The Kier molecular flexibility index (Phi) is 12.3. The molecule has 0 N–H and O–H groups in total. The largest absolute Gasteiger partial charge is 0.511 e. The zero-order valence-corrected chi connectivity index (χ0v) is 25.9. The SMILES string of the molecule is CC(C)OC(=O)OCOC(=O)c1sc(C2=CCCCC2)cc1N(C(=O)[C@H]1CC[C@H](C)CC1)C1CCN(C)CC1.Cl. The molecule has 10 heteroatoms. The Morgan fingerprint density at radius 3 is 2.38 bits per heavy atom. The van der Waals surface area contributed by atoms with Crippen molar-refractivity contribution in [3.63, 3.8) is 0 Å². The van der Waals surface area contributed by atoms with Gasteiger partial charge in [-0.15, -0.1) is 23.7 Å². The highest BCUT2D eigenvalue weighted by Crippen LogP contribution is 2.41. The highest BCUT2D eigenvalue weighted by molar-refractivity contribution is 7.15. The fraction of sp³-hybridized carbons (Fsp3) is 0.700. The maximum atomic E-state index is 14.2. The molecule has 1 aliphatic heterocycles. The van der Waals surface area contributed by atoms with E-state index in [2.05, 4.69) is 24.9 Å². The number of carbonyl (C=O) groups excluding carboxylic acids is 3. The van der Waals surface area contributed by atoms with E-state index < -0.39 is 18.9 Å². The molecule has 0 bridgehead atoms. The summed E-state index contributed by atoms with van der Waals surface area (Å²) in [5.41, 5.74) is 1.87. The van der Waals surface area contributed by atoms with Crippen LogP contribution in [0.25, 0.3) is 5.57 Å². The summed E-state index contributed by atoms with van der Waals surface area (Å²) in [6.07, 6.45) is 10.9. The summed E-state index contributed by atoms with van der Waals surface area (Å²) in [7, 11) is 2.11. The first kappa shape index (κ1) is 32.4. The van der Waals surface area contributed by atoms with Crippen LogP contribution in [0.1, 0.15) is 99.5 Å². The van der Waals surface area contributed by atoms with Crippen molar-refractivity contribution in [2.75, 3.05) is 31.8 Å². The second kappa shape index (κ2) is 15.2. The van der Waals surface area contributed by atoms with Crippen molar-refractivity contribution in [3.8, 4) is 0 Å². The van der Waals surface area contributed by atoms with E-state index >= 15 is 0 Å². The van der Waals surface area contributed by atoms with Gasteiger partial charge in [0.05, 0.1) is 11.8 Å². The highest BCUT2D eigenvalue weighted by Gasteiger charge is 2.37. The summed E-state index contributed by atoms with van der Waals surface area (Å²) in [6, 6.07) is 2.06. The molecule has 8 nitrogen and oxygen atoms in total. The summed E-state index contributed by atoms with van der Waals surface area (Å²) < 4.78 is 15.3. The molecule has 2 fully saturated rings. The number of hydrogen-bond donors (Lipinski definition) is 0. The van der Waals surface area contributed by atoms with Crippen LogP contribution in [0.3, 0.4) is 0 Å². The number of hydrogen-bond acceptors (Lipinski definition) is 8. The molecule has 3 aliphatic rings. The van der Waals surface area contributed by atoms with E-state index in [9.17, 15) is 14.4 Å². The van der Waals surface area contributed by atoms with E-state index in [1.165, 1.54) is 23.3 Å². The van der Waals surface area contributed by atoms with Crippen LogP contribution in [-0.4, -0.2) is 62.0 Å². The van der Waals surface area contributed by atoms with Crippen molar-refractivity contribution in [1.29, 1.82) is 0 Å². The number of esters is 1. The first-order valence-corrected chi connectivity index (χ1v) is 15.4. The van der Waals surface area contributed by atoms with Gasteiger partial charge in [0, 0.05) is 16.8 Å². The van der Waals surface area contributed by atoms with E-state index in [-0.39, 0.29) is 36.4 Å². The van der Waals surface area contributed by atoms with Gasteiger partial charge in [0.25, 0.3) is 0 Å². The Morgan fingerprint density at radius 1 is 1.05 bits per heavy atom. The van der Waals surface area contributed by atoms with Gasteiger partial charge in [-0.25, -0.2) is 9.59 Å². The number of rotatable bonds is 8. The standard InChI is InChI=1S/C30H44N2O6S.ClH/c1-20(2)38-30(35)37-19-36-29(34)27-25(18-26(39-27)22-8-6-5-7-9-22)32(24-14-16-31(4)17-15-24)28(33)23-12-10-21(3)11-13-23;/h8,18,20-21,23-24H,5-7,9-17,19H2,1-4H3;1H/t21-,23-;. The predicted molar refractivity (Wildman–Crippen MR) is 160 cm³/mol. The van der Waals surface area contributed by atoms with Crippen LogP contribution >= 0.6 is 23.7 Å². The number of nitrogens with zero attached hydrogens (tertiary/aromatic N) is 2. The maximum absolute atomic E-state index is 14.2. The molecule has 4 rings (SSSR count). The quantitative estimate of drug-likeness (QED) is 0.235. The second-order valence-electron chi connectivity index (χ2n) is 11.6. The summed E-state index contributed by atoms with van der Waals surface area (Å²) >= 11 is 1.38. The Morgan fingerprint density at radius 2 is 1.75 bits per heavy atom. The van der Waals surface area contributed by atoms with E-state index in [1.54, 1.807) is 13.8 Å². The normalized spacial score (nSPS) is 22.2. The zero-order chi connectivity index (χ0) is 27.9. The minimum absolute atomic E-state index is 0. The van der Waals surface area contributed by atoms with Gasteiger partial charge < -0.3 is 24.0 Å². The monoisotopic (exact) mass is 596 g/mol. The van der Waals surface area contributed by atoms with Gasteiger partial charge >= 0.3 is 12.1 Å². The Balaban J connectivity index is 0.00000441. The van der Waals surface area contributed by atoms with Gasteiger partial charge in [0.1, 0.15) is 4.88 Å². The number of likely N-dealkylation sites (tertiary alicyclic amines) is 1. The molecule has 0 radical (unpaired) electrons. The molecular formula is C30H45ClN2O6S. The topological polar surface area (TPSA) is 85.4 Å². The van der Waals surface area contributed by atoms with Gasteiger partial charge in [-0.2, -0.15) is 0 Å². The van der Waals surface area contributed by atoms with Crippen LogP contribution < -0.4 is 4.90 Å². The molecule has 0 atom stereocenters. The number of piperidine rings is 1. The van der Waals surface area contributed by atoms with E-state index in [4.69, 9.17) is 14.2 Å². The van der Waals surface area contributed by atoms with Gasteiger partial charge in [0.15, 0.2) is 0 Å². The number of amides is 1. The van der Waals surface area contributed by atoms with Crippen LogP contribution in [0.4, 0.5) is 10.5 Å². The number of carbonyl (C=O) groups is 3. The molecule has 1 saturated heterocycles. The lowest BCUT2D eigenvalue weighted by Gasteiger charge is -2.40. The fourth-order valence-corrected chi connectivity index (χ4v) is 6.91. The lowest BCUT2D eigenvalue weighted by molar-refractivity contribution is -0.124. The first-order valence-electron chi connectivity index (χ1n) is 14.6. The van der Waals surface area contributed by atoms with Gasteiger partial charge in [-0.05, 0) is 116 Å². The third kappa shape index (κ3) is 8.46. The third-order valence-corrected chi connectivity index (χ3v) is 9.30. The van der Waals surface area contributed by atoms with Crippen LogP contribution in [0.5, 0.6) is 0 Å². The first-order chi connectivity index (χ1) is 18.7. The zero-order valence-electron chi connectivity index (χ0n) is 24.3. The average Bonchev–Trinajstić information content (AvgIpc) is 3.35. The van der Waals surface area contributed by atoms with Crippen molar-refractivity contribution < 1.29 is 28.6 Å². The number of halogens is 1. The molecule has 0 aromatic carbocycles. The predicted octanol–water partition coefficient (Wildman–Crippen LogP) is 7.06. The second-order valence-corrected chi connectivity index (χ2v) is 12.7. The molecule has 1 aromatic heterocycles. The van der Waals surface area contributed by atoms with Gasteiger partial charge in [-0.3, -0.25) is 4.79 Å². The van der Waals surface area contributed by atoms with E-state index in [0.717, 1.165) is 75.8 Å². The van der Waals surface area contributed by atoms with Crippen LogP contribution in [0.2, 0.25) is 0 Å². The number of anilines is 1.